The van der Waals surface area contributed by atoms with Gasteiger partial charge in [0.1, 0.15) is 18.2 Å². The molecule has 2 atom stereocenters. The monoisotopic (exact) mass is 239 g/mol. The van der Waals surface area contributed by atoms with Gasteiger partial charge in [-0.25, -0.2) is 4.39 Å². The molecule has 1 aromatic rings. The molecule has 0 spiro atoms. The maximum atomic E-state index is 12.7. The molecule has 0 saturated carbocycles. The summed E-state index contributed by atoms with van der Waals surface area (Å²) in [5.74, 6) is 0.956. The number of likely N-dealkylation sites (N-methyl/N-ethyl adjacent to an activating group) is 1. The number of ether oxygens (including phenoxy) is 2. The van der Waals surface area contributed by atoms with Gasteiger partial charge in [-0.15, -0.1) is 0 Å². The molecule has 4 heteroatoms. The molecular formula is C13H18FNO2. The molecule has 94 valence electrons. The van der Waals surface area contributed by atoms with E-state index >= 15 is 0 Å². The van der Waals surface area contributed by atoms with E-state index in [0.29, 0.717) is 18.3 Å². The van der Waals surface area contributed by atoms with E-state index < -0.39 is 0 Å². The summed E-state index contributed by atoms with van der Waals surface area (Å²) in [6.07, 6.45) is 1.07. The van der Waals surface area contributed by atoms with Crippen molar-refractivity contribution in [2.45, 2.75) is 12.5 Å². The van der Waals surface area contributed by atoms with Crippen molar-refractivity contribution < 1.29 is 13.9 Å². The van der Waals surface area contributed by atoms with Crippen molar-refractivity contribution in [3.8, 4) is 5.75 Å². The van der Waals surface area contributed by atoms with Gasteiger partial charge < -0.3 is 14.8 Å². The molecule has 17 heavy (non-hydrogen) atoms. The molecule has 2 rings (SSSR count). The lowest BCUT2D eigenvalue weighted by Gasteiger charge is -2.22. The van der Waals surface area contributed by atoms with Crippen molar-refractivity contribution >= 4 is 0 Å². The Morgan fingerprint density at radius 2 is 2.24 bits per heavy atom. The van der Waals surface area contributed by atoms with Crippen molar-refractivity contribution in [1.29, 1.82) is 0 Å². The van der Waals surface area contributed by atoms with Crippen LogP contribution in [0.1, 0.15) is 6.42 Å². The van der Waals surface area contributed by atoms with Gasteiger partial charge >= 0.3 is 0 Å². The Balaban J connectivity index is 1.84. The zero-order valence-corrected chi connectivity index (χ0v) is 9.99. The summed E-state index contributed by atoms with van der Waals surface area (Å²) >= 11 is 0. The third-order valence-corrected chi connectivity index (χ3v) is 3.15. The van der Waals surface area contributed by atoms with Crippen molar-refractivity contribution in [2.24, 2.45) is 5.92 Å². The van der Waals surface area contributed by atoms with E-state index in [-0.39, 0.29) is 11.9 Å². The molecule has 1 fully saturated rings. The molecule has 0 aliphatic carbocycles. The molecule has 1 saturated heterocycles. The van der Waals surface area contributed by atoms with E-state index in [0.717, 1.165) is 19.6 Å². The Kier molecular flexibility index (Phi) is 4.34. The van der Waals surface area contributed by atoms with Crippen molar-refractivity contribution in [1.82, 2.24) is 5.32 Å². The molecular weight excluding hydrogens is 221 g/mol. The molecule has 3 nitrogen and oxygen atoms in total. The van der Waals surface area contributed by atoms with E-state index in [9.17, 15) is 4.39 Å². The lowest BCUT2D eigenvalue weighted by Crippen LogP contribution is -2.39. The van der Waals surface area contributed by atoms with Gasteiger partial charge in [-0.05, 0) is 37.7 Å². The van der Waals surface area contributed by atoms with Crippen LogP contribution in [0.4, 0.5) is 4.39 Å². The number of benzene rings is 1. The fourth-order valence-electron chi connectivity index (χ4n) is 2.04. The maximum absolute atomic E-state index is 12.7. The maximum Gasteiger partial charge on any atom is 0.123 e. The van der Waals surface area contributed by atoms with E-state index in [1.807, 2.05) is 7.05 Å². The number of hydrogen-bond donors (Lipinski definition) is 1. The number of hydrogen-bond acceptors (Lipinski definition) is 3. The Morgan fingerprint density at radius 3 is 2.82 bits per heavy atom. The average molecular weight is 239 g/mol. The lowest BCUT2D eigenvalue weighted by molar-refractivity contribution is 0.162. The van der Waals surface area contributed by atoms with Gasteiger partial charge in [-0.2, -0.15) is 0 Å². The van der Waals surface area contributed by atoms with Crippen molar-refractivity contribution in [3.05, 3.63) is 30.1 Å². The van der Waals surface area contributed by atoms with Gasteiger partial charge in [0.25, 0.3) is 0 Å². The first-order chi connectivity index (χ1) is 8.29. The normalized spacial score (nSPS) is 21.4. The second kappa shape index (κ2) is 5.98. The standard InChI is InChI=1S/C13H18FNO2/c1-15-13(10-6-7-16-8-10)9-17-12-4-2-11(14)3-5-12/h2-5,10,13,15H,6-9H2,1H3. The van der Waals surface area contributed by atoms with Crippen LogP contribution < -0.4 is 10.1 Å². The molecule has 0 amide bonds. The van der Waals surface area contributed by atoms with Gasteiger partial charge in [0.2, 0.25) is 0 Å². The summed E-state index contributed by atoms with van der Waals surface area (Å²) in [5, 5.41) is 3.25. The van der Waals surface area contributed by atoms with Crippen LogP contribution in [0.3, 0.4) is 0 Å². The summed E-state index contributed by atoms with van der Waals surface area (Å²) in [4.78, 5) is 0. The van der Waals surface area contributed by atoms with Gasteiger partial charge in [0.15, 0.2) is 0 Å². The van der Waals surface area contributed by atoms with Crippen LogP contribution in [0, 0.1) is 11.7 Å². The van der Waals surface area contributed by atoms with Crippen LogP contribution in [0.15, 0.2) is 24.3 Å². The highest BCUT2D eigenvalue weighted by atomic mass is 19.1. The average Bonchev–Trinajstić information content (AvgIpc) is 2.86. The van der Waals surface area contributed by atoms with Crippen LogP contribution in [-0.4, -0.2) is 32.9 Å². The summed E-state index contributed by atoms with van der Waals surface area (Å²) in [6, 6.07) is 6.38. The second-order valence-electron chi connectivity index (χ2n) is 4.28. The molecule has 1 N–H and O–H groups in total. The van der Waals surface area contributed by atoms with Crippen LogP contribution in [0.2, 0.25) is 0 Å². The zero-order chi connectivity index (χ0) is 12.1. The Bertz CT molecular complexity index is 336. The van der Waals surface area contributed by atoms with Crippen molar-refractivity contribution in [3.63, 3.8) is 0 Å². The van der Waals surface area contributed by atoms with Crippen LogP contribution in [0.25, 0.3) is 0 Å². The fraction of sp³-hybridized carbons (Fsp3) is 0.538. The minimum Gasteiger partial charge on any atom is -0.492 e. The first-order valence-electron chi connectivity index (χ1n) is 5.93. The highest BCUT2D eigenvalue weighted by Gasteiger charge is 2.24. The first-order valence-corrected chi connectivity index (χ1v) is 5.93. The molecule has 0 bridgehead atoms. The van der Waals surface area contributed by atoms with Crippen LogP contribution in [-0.2, 0) is 4.74 Å². The molecule has 1 aliphatic rings. The van der Waals surface area contributed by atoms with E-state index in [2.05, 4.69) is 5.32 Å². The SMILES string of the molecule is CNC(COc1ccc(F)cc1)C1CCOC1. The van der Waals surface area contributed by atoms with Gasteiger partial charge in [-0.3, -0.25) is 0 Å². The quantitative estimate of drug-likeness (QED) is 0.850. The van der Waals surface area contributed by atoms with E-state index in [4.69, 9.17) is 9.47 Å². The minimum atomic E-state index is -0.244. The summed E-state index contributed by atoms with van der Waals surface area (Å²) in [6.45, 7) is 2.20. The summed E-state index contributed by atoms with van der Waals surface area (Å²) in [5.41, 5.74) is 0. The molecule has 1 heterocycles. The number of nitrogens with one attached hydrogen (secondary N) is 1. The summed E-state index contributed by atoms with van der Waals surface area (Å²) in [7, 11) is 1.93. The predicted molar refractivity (Wildman–Crippen MR) is 63.7 cm³/mol. The van der Waals surface area contributed by atoms with Crippen LogP contribution >= 0.6 is 0 Å². The van der Waals surface area contributed by atoms with Gasteiger partial charge in [0.05, 0.1) is 6.61 Å². The van der Waals surface area contributed by atoms with Crippen LogP contribution in [0.5, 0.6) is 5.75 Å². The smallest absolute Gasteiger partial charge is 0.123 e. The Morgan fingerprint density at radius 1 is 1.47 bits per heavy atom. The molecule has 1 aliphatic heterocycles. The van der Waals surface area contributed by atoms with Gasteiger partial charge in [-0.1, -0.05) is 0 Å². The molecule has 1 aromatic carbocycles. The van der Waals surface area contributed by atoms with E-state index in [1.54, 1.807) is 12.1 Å². The lowest BCUT2D eigenvalue weighted by atomic mass is 10.00. The highest BCUT2D eigenvalue weighted by molar-refractivity contribution is 5.22. The predicted octanol–water partition coefficient (Wildman–Crippen LogP) is 1.83. The van der Waals surface area contributed by atoms with Crippen molar-refractivity contribution in [2.75, 3.05) is 26.9 Å². The Labute approximate surface area is 101 Å². The molecule has 0 aromatic heterocycles. The number of rotatable bonds is 5. The summed E-state index contributed by atoms with van der Waals surface area (Å²) < 4.78 is 23.7. The highest BCUT2D eigenvalue weighted by Crippen LogP contribution is 2.18. The third kappa shape index (κ3) is 3.41. The zero-order valence-electron chi connectivity index (χ0n) is 9.99. The third-order valence-electron chi connectivity index (χ3n) is 3.15. The number of halogens is 1. The fourth-order valence-corrected chi connectivity index (χ4v) is 2.04. The van der Waals surface area contributed by atoms with E-state index in [1.165, 1.54) is 12.1 Å². The topological polar surface area (TPSA) is 30.5 Å². The minimum absolute atomic E-state index is 0.244. The first kappa shape index (κ1) is 12.3. The molecule has 0 radical (unpaired) electrons. The Hall–Kier alpha value is -1.13. The second-order valence-corrected chi connectivity index (χ2v) is 4.28. The molecule has 2 unspecified atom stereocenters. The van der Waals surface area contributed by atoms with Gasteiger partial charge in [0, 0.05) is 18.6 Å². The largest absolute Gasteiger partial charge is 0.492 e.